The zero-order valence-corrected chi connectivity index (χ0v) is 20.2. The van der Waals surface area contributed by atoms with Gasteiger partial charge >= 0.3 is 0 Å². The van der Waals surface area contributed by atoms with Crippen LogP contribution in [0.1, 0.15) is 25.3 Å². The number of benzene rings is 2. The summed E-state index contributed by atoms with van der Waals surface area (Å²) in [5.74, 6) is 1.07. The fraction of sp³-hybridized carbons (Fsp3) is 0.231. The Kier molecular flexibility index (Phi) is 6.94. The van der Waals surface area contributed by atoms with Crippen molar-refractivity contribution in [1.29, 1.82) is 0 Å². The number of carbonyl (C=O) groups excluding carboxylic acids is 1. The molecule has 0 aliphatic carbocycles. The predicted molar refractivity (Wildman–Crippen MR) is 137 cm³/mol. The molecule has 5 rings (SSSR count). The van der Waals surface area contributed by atoms with E-state index in [9.17, 15) is 4.79 Å². The number of aromatic nitrogens is 5. The molecule has 3 heterocycles. The Balaban J connectivity index is 1.27. The van der Waals surface area contributed by atoms with Crippen LogP contribution in [0.4, 0.5) is 0 Å². The van der Waals surface area contributed by atoms with Crippen molar-refractivity contribution in [1.82, 2.24) is 29.5 Å². The lowest BCUT2D eigenvalue weighted by Gasteiger charge is -2.05. The van der Waals surface area contributed by atoms with Crippen molar-refractivity contribution in [3.63, 3.8) is 0 Å². The van der Waals surface area contributed by atoms with Crippen LogP contribution in [-0.4, -0.2) is 42.5 Å². The van der Waals surface area contributed by atoms with Gasteiger partial charge in [0, 0.05) is 24.5 Å². The highest BCUT2D eigenvalue weighted by molar-refractivity contribution is 7.99. The maximum absolute atomic E-state index is 12.3. The summed E-state index contributed by atoms with van der Waals surface area (Å²) in [7, 11) is 0. The van der Waals surface area contributed by atoms with Gasteiger partial charge in [-0.3, -0.25) is 9.20 Å². The maximum atomic E-state index is 12.3. The molecule has 0 fully saturated rings. The van der Waals surface area contributed by atoms with Crippen molar-refractivity contribution >= 4 is 28.8 Å². The third kappa shape index (κ3) is 5.30. The Bertz CT molecular complexity index is 1430. The van der Waals surface area contributed by atoms with Gasteiger partial charge in [0.15, 0.2) is 10.8 Å². The van der Waals surface area contributed by atoms with E-state index in [1.54, 1.807) is 4.52 Å². The lowest BCUT2D eigenvalue weighted by Crippen LogP contribution is -2.24. The molecule has 0 unspecified atom stereocenters. The van der Waals surface area contributed by atoms with Gasteiger partial charge in [0.2, 0.25) is 5.91 Å². The molecule has 35 heavy (non-hydrogen) atoms. The van der Waals surface area contributed by atoms with Crippen LogP contribution in [0.5, 0.6) is 5.75 Å². The van der Waals surface area contributed by atoms with E-state index in [0.717, 1.165) is 47.5 Å². The lowest BCUT2D eigenvalue weighted by atomic mass is 10.1. The normalized spacial score (nSPS) is 11.2. The molecule has 3 aromatic heterocycles. The van der Waals surface area contributed by atoms with E-state index < -0.39 is 0 Å². The molecule has 0 radical (unpaired) electrons. The number of fused-ring (bicyclic) bond motifs is 3. The van der Waals surface area contributed by atoms with Crippen LogP contribution in [0.25, 0.3) is 22.4 Å². The van der Waals surface area contributed by atoms with Crippen molar-refractivity contribution in [3.8, 4) is 17.0 Å². The fourth-order valence-electron chi connectivity index (χ4n) is 3.66. The summed E-state index contributed by atoms with van der Waals surface area (Å²) in [4.78, 5) is 12.3. The van der Waals surface area contributed by atoms with Gasteiger partial charge < -0.3 is 10.1 Å². The second-order valence-electron chi connectivity index (χ2n) is 8.11. The standard InChI is InChI=1S/C26H26N6O2S/c1-2-3-15-34-21-11-9-20(10-12-21)22-16-23-25-28-29-26(31(25)13-14-32(23)30-22)35-18-24(33)27-17-19-7-5-4-6-8-19/h4-14,16H,2-3,15,17-18H2,1H3,(H,27,33). The number of hydrogen-bond donors (Lipinski definition) is 1. The first-order valence-electron chi connectivity index (χ1n) is 11.6. The van der Waals surface area contributed by atoms with Gasteiger partial charge in [-0.25, -0.2) is 4.52 Å². The third-order valence-corrected chi connectivity index (χ3v) is 6.51. The molecular formula is C26H26N6O2S. The Morgan fingerprint density at radius 2 is 1.89 bits per heavy atom. The summed E-state index contributed by atoms with van der Waals surface area (Å²) >= 11 is 1.35. The summed E-state index contributed by atoms with van der Waals surface area (Å²) in [6.07, 6.45) is 5.89. The van der Waals surface area contributed by atoms with Gasteiger partial charge in [-0.1, -0.05) is 55.4 Å². The van der Waals surface area contributed by atoms with E-state index in [1.807, 2.05) is 77.5 Å². The van der Waals surface area contributed by atoms with E-state index >= 15 is 0 Å². The van der Waals surface area contributed by atoms with E-state index in [-0.39, 0.29) is 11.7 Å². The second-order valence-corrected chi connectivity index (χ2v) is 9.05. The Hall–Kier alpha value is -3.85. The first kappa shape index (κ1) is 22.9. The van der Waals surface area contributed by atoms with Gasteiger partial charge in [0.1, 0.15) is 11.3 Å². The molecule has 0 aliphatic rings. The minimum Gasteiger partial charge on any atom is -0.494 e. The molecule has 178 valence electrons. The number of ether oxygens (including phenoxy) is 1. The third-order valence-electron chi connectivity index (χ3n) is 5.57. The van der Waals surface area contributed by atoms with Crippen molar-refractivity contribution in [2.24, 2.45) is 0 Å². The van der Waals surface area contributed by atoms with Gasteiger partial charge in [0.25, 0.3) is 0 Å². The summed E-state index contributed by atoms with van der Waals surface area (Å²) in [6.45, 7) is 3.38. The average Bonchev–Trinajstić information content (AvgIpc) is 3.51. The van der Waals surface area contributed by atoms with Crippen molar-refractivity contribution < 1.29 is 9.53 Å². The molecule has 8 nitrogen and oxygen atoms in total. The molecular weight excluding hydrogens is 460 g/mol. The van der Waals surface area contributed by atoms with Gasteiger partial charge in [-0.05, 0) is 42.3 Å². The van der Waals surface area contributed by atoms with Crippen LogP contribution >= 0.6 is 11.8 Å². The average molecular weight is 487 g/mol. The number of carbonyl (C=O) groups is 1. The topological polar surface area (TPSA) is 85.8 Å². The molecule has 1 N–H and O–H groups in total. The van der Waals surface area contributed by atoms with Gasteiger partial charge in [0.05, 0.1) is 18.1 Å². The largest absolute Gasteiger partial charge is 0.494 e. The number of hydrogen-bond acceptors (Lipinski definition) is 6. The first-order chi connectivity index (χ1) is 17.2. The zero-order valence-electron chi connectivity index (χ0n) is 19.4. The van der Waals surface area contributed by atoms with Crippen molar-refractivity contribution in [3.05, 3.63) is 78.6 Å². The van der Waals surface area contributed by atoms with Crippen LogP contribution in [-0.2, 0) is 11.3 Å². The van der Waals surface area contributed by atoms with Crippen LogP contribution in [0.3, 0.4) is 0 Å². The highest BCUT2D eigenvalue weighted by Gasteiger charge is 2.14. The quantitative estimate of drug-likeness (QED) is 0.229. The Morgan fingerprint density at radius 1 is 1.06 bits per heavy atom. The Labute approximate surface area is 207 Å². The van der Waals surface area contributed by atoms with Crippen molar-refractivity contribution in [2.75, 3.05) is 12.4 Å². The zero-order chi connectivity index (χ0) is 24.0. The molecule has 0 saturated heterocycles. The van der Waals surface area contributed by atoms with E-state index in [2.05, 4.69) is 22.4 Å². The maximum Gasteiger partial charge on any atom is 0.230 e. The van der Waals surface area contributed by atoms with E-state index in [4.69, 9.17) is 9.84 Å². The van der Waals surface area contributed by atoms with E-state index in [1.165, 1.54) is 11.8 Å². The molecule has 0 bridgehead atoms. The number of thioether (sulfide) groups is 1. The molecule has 2 aromatic carbocycles. The highest BCUT2D eigenvalue weighted by Crippen LogP contribution is 2.25. The second kappa shape index (κ2) is 10.6. The molecule has 5 aromatic rings. The van der Waals surface area contributed by atoms with Crippen LogP contribution in [0.2, 0.25) is 0 Å². The van der Waals surface area contributed by atoms with Crippen molar-refractivity contribution in [2.45, 2.75) is 31.5 Å². The number of rotatable bonds is 10. The predicted octanol–water partition coefficient (Wildman–Crippen LogP) is 4.63. The number of amides is 1. The van der Waals surface area contributed by atoms with Crippen LogP contribution in [0.15, 0.2) is 78.2 Å². The van der Waals surface area contributed by atoms with Crippen LogP contribution in [0, 0.1) is 0 Å². The minimum absolute atomic E-state index is 0.0505. The monoisotopic (exact) mass is 486 g/mol. The van der Waals surface area contributed by atoms with Gasteiger partial charge in [-0.2, -0.15) is 5.10 Å². The first-order valence-corrected chi connectivity index (χ1v) is 12.6. The number of nitrogens with zero attached hydrogens (tertiary/aromatic N) is 5. The summed E-state index contributed by atoms with van der Waals surface area (Å²) < 4.78 is 9.44. The smallest absolute Gasteiger partial charge is 0.230 e. The highest BCUT2D eigenvalue weighted by atomic mass is 32.2. The summed E-state index contributed by atoms with van der Waals surface area (Å²) in [6, 6.07) is 19.8. The Morgan fingerprint density at radius 3 is 2.69 bits per heavy atom. The van der Waals surface area contributed by atoms with Crippen LogP contribution < -0.4 is 10.1 Å². The molecule has 0 atom stereocenters. The molecule has 0 spiro atoms. The SMILES string of the molecule is CCCCOc1ccc(-c2cc3c4nnc(SCC(=O)NCc5ccccc5)n4ccn3n2)cc1. The minimum atomic E-state index is -0.0505. The van der Waals surface area contributed by atoms with Gasteiger partial charge in [-0.15, -0.1) is 10.2 Å². The number of nitrogens with one attached hydrogen (secondary N) is 1. The molecule has 1 amide bonds. The van der Waals surface area contributed by atoms with E-state index in [0.29, 0.717) is 17.3 Å². The molecule has 9 heteroatoms. The fourth-order valence-corrected chi connectivity index (χ4v) is 4.41. The molecule has 0 saturated carbocycles. The summed E-state index contributed by atoms with van der Waals surface area (Å²) in [5.41, 5.74) is 4.45. The molecule has 0 aliphatic heterocycles. The number of unbranched alkanes of at least 4 members (excludes halogenated alkanes) is 1. The summed E-state index contributed by atoms with van der Waals surface area (Å²) in [5, 5.41) is 17.0. The lowest BCUT2D eigenvalue weighted by molar-refractivity contribution is -0.118.